The lowest BCUT2D eigenvalue weighted by molar-refractivity contribution is 0.0935. The monoisotopic (exact) mass is 315 g/mol. The molecule has 122 valence electrons. The minimum atomic E-state index is -0.104. The standard InChI is InChI=1S/C16H21N5O2/c1-13(11-20-6-5-17-12-20)19-16(22)14-3-2-4-18-15(14)21-7-9-23-10-8-21/h2-6,12-13H,7-11H2,1H3,(H,19,22)/t13-/m0/s1. The number of ether oxygens (including phenoxy) is 1. The van der Waals surface area contributed by atoms with Crippen LogP contribution in [0.3, 0.4) is 0 Å². The van der Waals surface area contributed by atoms with Crippen LogP contribution < -0.4 is 10.2 Å². The molecule has 0 saturated carbocycles. The van der Waals surface area contributed by atoms with Gasteiger partial charge in [0, 0.05) is 44.3 Å². The predicted octanol–water partition coefficient (Wildman–Crippen LogP) is 0.933. The van der Waals surface area contributed by atoms with Gasteiger partial charge in [-0.1, -0.05) is 0 Å². The number of rotatable bonds is 5. The molecule has 2 aromatic rings. The Morgan fingerprint density at radius 1 is 1.39 bits per heavy atom. The van der Waals surface area contributed by atoms with E-state index < -0.39 is 0 Å². The third kappa shape index (κ3) is 3.87. The highest BCUT2D eigenvalue weighted by Crippen LogP contribution is 2.18. The fourth-order valence-electron chi connectivity index (χ4n) is 2.66. The van der Waals surface area contributed by atoms with Crippen molar-refractivity contribution in [2.24, 2.45) is 0 Å². The van der Waals surface area contributed by atoms with Gasteiger partial charge in [0.2, 0.25) is 0 Å². The van der Waals surface area contributed by atoms with Gasteiger partial charge in [0.25, 0.3) is 5.91 Å². The molecule has 0 aromatic carbocycles. The fraction of sp³-hybridized carbons (Fsp3) is 0.438. The Labute approximate surface area is 135 Å². The molecular weight excluding hydrogens is 294 g/mol. The first-order chi connectivity index (χ1) is 11.2. The maximum absolute atomic E-state index is 12.6. The van der Waals surface area contributed by atoms with Crippen LogP contribution in [0.2, 0.25) is 0 Å². The van der Waals surface area contributed by atoms with E-state index in [0.29, 0.717) is 25.3 Å². The Hall–Kier alpha value is -2.41. The maximum Gasteiger partial charge on any atom is 0.255 e. The Balaban J connectivity index is 1.69. The zero-order valence-electron chi connectivity index (χ0n) is 13.2. The van der Waals surface area contributed by atoms with Gasteiger partial charge in [-0.15, -0.1) is 0 Å². The Morgan fingerprint density at radius 2 is 2.22 bits per heavy atom. The van der Waals surface area contributed by atoms with E-state index in [1.807, 2.05) is 23.8 Å². The number of hydrogen-bond acceptors (Lipinski definition) is 5. The third-order valence-corrected chi connectivity index (χ3v) is 3.76. The number of anilines is 1. The van der Waals surface area contributed by atoms with Gasteiger partial charge in [-0.25, -0.2) is 9.97 Å². The number of nitrogens with one attached hydrogen (secondary N) is 1. The molecule has 7 nitrogen and oxygen atoms in total. The predicted molar refractivity (Wildman–Crippen MR) is 86.4 cm³/mol. The molecule has 1 aliphatic rings. The van der Waals surface area contributed by atoms with Gasteiger partial charge in [0.1, 0.15) is 5.82 Å². The number of amides is 1. The van der Waals surface area contributed by atoms with E-state index in [1.165, 1.54) is 0 Å². The highest BCUT2D eigenvalue weighted by molar-refractivity contribution is 5.99. The Bertz CT molecular complexity index is 638. The van der Waals surface area contributed by atoms with Gasteiger partial charge in [-0.05, 0) is 19.1 Å². The van der Waals surface area contributed by atoms with Crippen LogP contribution in [0.15, 0.2) is 37.1 Å². The second-order valence-corrected chi connectivity index (χ2v) is 5.61. The van der Waals surface area contributed by atoms with Crippen LogP contribution in [-0.2, 0) is 11.3 Å². The molecule has 0 aliphatic carbocycles. The minimum absolute atomic E-state index is 0.00514. The number of nitrogens with zero attached hydrogens (tertiary/aromatic N) is 4. The molecule has 2 aromatic heterocycles. The van der Waals surface area contributed by atoms with E-state index in [4.69, 9.17) is 4.74 Å². The van der Waals surface area contributed by atoms with Gasteiger partial charge >= 0.3 is 0 Å². The van der Waals surface area contributed by atoms with Gasteiger partial charge in [-0.2, -0.15) is 0 Å². The maximum atomic E-state index is 12.6. The van der Waals surface area contributed by atoms with E-state index >= 15 is 0 Å². The summed E-state index contributed by atoms with van der Waals surface area (Å²) in [6.07, 6.45) is 7.07. The summed E-state index contributed by atoms with van der Waals surface area (Å²) >= 11 is 0. The molecule has 1 amide bonds. The topological polar surface area (TPSA) is 72.3 Å². The summed E-state index contributed by atoms with van der Waals surface area (Å²) in [4.78, 5) is 23.1. The third-order valence-electron chi connectivity index (χ3n) is 3.76. The van der Waals surface area contributed by atoms with Crippen LogP contribution in [0.1, 0.15) is 17.3 Å². The number of carbonyl (C=O) groups is 1. The molecule has 1 N–H and O–H groups in total. The van der Waals surface area contributed by atoms with Gasteiger partial charge < -0.3 is 19.5 Å². The summed E-state index contributed by atoms with van der Waals surface area (Å²) in [5.74, 6) is 0.621. The highest BCUT2D eigenvalue weighted by atomic mass is 16.5. The molecule has 0 unspecified atom stereocenters. The number of aromatic nitrogens is 3. The van der Waals surface area contributed by atoms with Crippen molar-refractivity contribution in [3.05, 3.63) is 42.6 Å². The summed E-state index contributed by atoms with van der Waals surface area (Å²) < 4.78 is 7.31. The number of hydrogen-bond donors (Lipinski definition) is 1. The van der Waals surface area contributed by atoms with E-state index in [0.717, 1.165) is 18.9 Å². The molecule has 23 heavy (non-hydrogen) atoms. The van der Waals surface area contributed by atoms with Crippen molar-refractivity contribution in [1.29, 1.82) is 0 Å². The molecule has 1 atom stereocenters. The minimum Gasteiger partial charge on any atom is -0.378 e. The SMILES string of the molecule is C[C@@H](Cn1ccnc1)NC(=O)c1cccnc1N1CCOCC1. The molecule has 1 aliphatic heterocycles. The lowest BCUT2D eigenvalue weighted by Gasteiger charge is -2.29. The van der Waals surface area contributed by atoms with Crippen molar-refractivity contribution >= 4 is 11.7 Å². The molecule has 3 rings (SSSR count). The molecule has 7 heteroatoms. The molecular formula is C16H21N5O2. The highest BCUT2D eigenvalue weighted by Gasteiger charge is 2.20. The van der Waals surface area contributed by atoms with Crippen molar-refractivity contribution in [3.8, 4) is 0 Å². The van der Waals surface area contributed by atoms with Gasteiger partial charge in [0.05, 0.1) is 25.1 Å². The van der Waals surface area contributed by atoms with Crippen LogP contribution in [0.25, 0.3) is 0 Å². The van der Waals surface area contributed by atoms with Gasteiger partial charge in [-0.3, -0.25) is 4.79 Å². The van der Waals surface area contributed by atoms with Crippen molar-refractivity contribution < 1.29 is 9.53 Å². The van der Waals surface area contributed by atoms with Crippen molar-refractivity contribution in [1.82, 2.24) is 19.9 Å². The summed E-state index contributed by atoms with van der Waals surface area (Å²) in [5, 5.41) is 3.03. The van der Waals surface area contributed by atoms with Crippen molar-refractivity contribution in [2.45, 2.75) is 19.5 Å². The fourth-order valence-corrected chi connectivity index (χ4v) is 2.66. The van der Waals surface area contributed by atoms with Crippen LogP contribution >= 0.6 is 0 Å². The molecule has 1 fully saturated rings. The molecule has 0 bridgehead atoms. The van der Waals surface area contributed by atoms with Crippen LogP contribution in [0.4, 0.5) is 5.82 Å². The zero-order valence-corrected chi connectivity index (χ0v) is 13.2. The van der Waals surface area contributed by atoms with Crippen LogP contribution in [-0.4, -0.2) is 52.8 Å². The Morgan fingerprint density at radius 3 is 2.96 bits per heavy atom. The molecule has 0 radical (unpaired) electrons. The van der Waals surface area contributed by atoms with Crippen molar-refractivity contribution in [3.63, 3.8) is 0 Å². The lowest BCUT2D eigenvalue weighted by Crippen LogP contribution is -2.40. The second-order valence-electron chi connectivity index (χ2n) is 5.61. The number of imidazole rings is 1. The Kier molecular flexibility index (Phi) is 4.87. The zero-order chi connectivity index (χ0) is 16.1. The summed E-state index contributed by atoms with van der Waals surface area (Å²) in [6.45, 7) is 5.48. The van der Waals surface area contributed by atoms with E-state index in [9.17, 15) is 4.79 Å². The molecule has 1 saturated heterocycles. The number of carbonyl (C=O) groups excluding carboxylic acids is 1. The molecule has 3 heterocycles. The first-order valence-electron chi connectivity index (χ1n) is 7.78. The normalized spacial score (nSPS) is 16.1. The van der Waals surface area contributed by atoms with Gasteiger partial charge in [0.15, 0.2) is 0 Å². The van der Waals surface area contributed by atoms with Crippen molar-refractivity contribution in [2.75, 3.05) is 31.2 Å². The average Bonchev–Trinajstić information content (AvgIpc) is 3.08. The second kappa shape index (κ2) is 7.23. The smallest absolute Gasteiger partial charge is 0.255 e. The molecule has 0 spiro atoms. The quantitative estimate of drug-likeness (QED) is 0.889. The first kappa shape index (κ1) is 15.5. The van der Waals surface area contributed by atoms with E-state index in [2.05, 4.69) is 20.2 Å². The van der Waals surface area contributed by atoms with E-state index in [1.54, 1.807) is 24.8 Å². The number of morpholine rings is 1. The first-order valence-corrected chi connectivity index (χ1v) is 7.78. The van der Waals surface area contributed by atoms with Crippen LogP contribution in [0, 0.1) is 0 Å². The largest absolute Gasteiger partial charge is 0.378 e. The summed E-state index contributed by atoms with van der Waals surface area (Å²) in [6, 6.07) is 3.60. The average molecular weight is 315 g/mol. The lowest BCUT2D eigenvalue weighted by atomic mass is 10.2. The summed E-state index contributed by atoms with van der Waals surface area (Å²) in [7, 11) is 0. The number of pyridine rings is 1. The van der Waals surface area contributed by atoms with Crippen LogP contribution in [0.5, 0.6) is 0 Å². The van der Waals surface area contributed by atoms with E-state index in [-0.39, 0.29) is 11.9 Å². The summed E-state index contributed by atoms with van der Waals surface area (Å²) in [5.41, 5.74) is 0.604.